The van der Waals surface area contributed by atoms with Gasteiger partial charge in [-0.1, -0.05) is 0 Å². The summed E-state index contributed by atoms with van der Waals surface area (Å²) >= 11 is 0. The van der Waals surface area contributed by atoms with Crippen molar-refractivity contribution in [1.82, 2.24) is 15.5 Å². The lowest BCUT2D eigenvalue weighted by Gasteiger charge is -2.21. The average Bonchev–Trinajstić information content (AvgIpc) is 2.53. The molecular weight excluding hydrogens is 164 g/mol. The van der Waals surface area contributed by atoms with Crippen molar-refractivity contribution in [3.63, 3.8) is 0 Å². The lowest BCUT2D eigenvalue weighted by molar-refractivity contribution is 0.370. The summed E-state index contributed by atoms with van der Waals surface area (Å²) in [4.78, 5) is 0. The van der Waals surface area contributed by atoms with Gasteiger partial charge in [0.25, 0.3) is 0 Å². The third-order valence-corrected chi connectivity index (χ3v) is 2.62. The normalized spacial score (nSPS) is 19.1. The zero-order valence-corrected chi connectivity index (χ0v) is 7.71. The quantitative estimate of drug-likeness (QED) is 0.622. The fraction of sp³-hybridized carbons (Fsp3) is 0.667. The number of nitrogen functional groups attached to an aromatic ring is 1. The standard InChI is InChI=1S/C9H16N4/c10-9-6-8(12-13-9)5-7-1-3-11-4-2-7/h6-7,11H,1-5H2,(H3,10,12,13). The molecule has 2 heterocycles. The van der Waals surface area contributed by atoms with E-state index in [1.54, 1.807) is 0 Å². The van der Waals surface area contributed by atoms with Crippen LogP contribution in [0.2, 0.25) is 0 Å². The molecule has 4 heteroatoms. The van der Waals surface area contributed by atoms with E-state index in [1.165, 1.54) is 18.5 Å². The Kier molecular flexibility index (Phi) is 2.49. The van der Waals surface area contributed by atoms with Gasteiger partial charge in [-0.25, -0.2) is 0 Å². The first-order valence-electron chi connectivity index (χ1n) is 4.85. The third kappa shape index (κ3) is 2.21. The highest BCUT2D eigenvalue weighted by molar-refractivity contribution is 5.28. The van der Waals surface area contributed by atoms with Crippen LogP contribution in [0.5, 0.6) is 0 Å². The molecule has 4 N–H and O–H groups in total. The van der Waals surface area contributed by atoms with E-state index < -0.39 is 0 Å². The highest BCUT2D eigenvalue weighted by Crippen LogP contribution is 2.17. The van der Waals surface area contributed by atoms with Crippen LogP contribution in [-0.2, 0) is 6.42 Å². The van der Waals surface area contributed by atoms with E-state index in [4.69, 9.17) is 5.73 Å². The molecule has 0 amide bonds. The summed E-state index contributed by atoms with van der Waals surface area (Å²) in [6.07, 6.45) is 3.61. The molecule has 1 saturated heterocycles. The van der Waals surface area contributed by atoms with Crippen molar-refractivity contribution < 1.29 is 0 Å². The molecular formula is C9H16N4. The van der Waals surface area contributed by atoms with Crippen molar-refractivity contribution in [2.75, 3.05) is 18.8 Å². The number of anilines is 1. The fourth-order valence-electron chi connectivity index (χ4n) is 1.88. The number of aromatic amines is 1. The summed E-state index contributed by atoms with van der Waals surface area (Å²) in [6, 6.07) is 1.93. The number of aromatic nitrogens is 2. The van der Waals surface area contributed by atoms with Crippen LogP contribution in [-0.4, -0.2) is 23.3 Å². The van der Waals surface area contributed by atoms with Crippen LogP contribution in [0.3, 0.4) is 0 Å². The molecule has 0 atom stereocenters. The van der Waals surface area contributed by atoms with Gasteiger partial charge in [0.1, 0.15) is 5.82 Å². The van der Waals surface area contributed by atoms with Crippen molar-refractivity contribution in [1.29, 1.82) is 0 Å². The van der Waals surface area contributed by atoms with Gasteiger partial charge in [-0.3, -0.25) is 5.10 Å². The number of piperidine rings is 1. The second kappa shape index (κ2) is 3.79. The summed E-state index contributed by atoms with van der Waals surface area (Å²) in [7, 11) is 0. The lowest BCUT2D eigenvalue weighted by atomic mass is 9.93. The van der Waals surface area contributed by atoms with E-state index in [9.17, 15) is 0 Å². The fourth-order valence-corrected chi connectivity index (χ4v) is 1.88. The Morgan fingerprint density at radius 1 is 1.46 bits per heavy atom. The van der Waals surface area contributed by atoms with E-state index in [2.05, 4.69) is 15.5 Å². The van der Waals surface area contributed by atoms with E-state index in [0.717, 1.165) is 25.4 Å². The van der Waals surface area contributed by atoms with Crippen LogP contribution in [0.25, 0.3) is 0 Å². The Balaban J connectivity index is 1.89. The predicted octanol–water partition coefficient (Wildman–Crippen LogP) is 0.534. The van der Waals surface area contributed by atoms with Gasteiger partial charge in [-0.05, 0) is 38.3 Å². The largest absolute Gasteiger partial charge is 0.382 e. The van der Waals surface area contributed by atoms with Crippen LogP contribution in [0.15, 0.2) is 6.07 Å². The molecule has 0 unspecified atom stereocenters. The van der Waals surface area contributed by atoms with Gasteiger partial charge in [0.15, 0.2) is 0 Å². The average molecular weight is 180 g/mol. The minimum atomic E-state index is 0.601. The summed E-state index contributed by atoms with van der Waals surface area (Å²) in [6.45, 7) is 2.29. The van der Waals surface area contributed by atoms with Gasteiger partial charge in [-0.15, -0.1) is 0 Å². The molecule has 0 radical (unpaired) electrons. The van der Waals surface area contributed by atoms with E-state index in [0.29, 0.717) is 5.82 Å². The Hall–Kier alpha value is -1.03. The number of nitrogens with zero attached hydrogens (tertiary/aromatic N) is 1. The smallest absolute Gasteiger partial charge is 0.145 e. The van der Waals surface area contributed by atoms with Crippen LogP contribution in [0, 0.1) is 5.92 Å². The number of rotatable bonds is 2. The SMILES string of the molecule is Nc1cc(CC2CCNCC2)[nH]n1. The second-order valence-electron chi connectivity index (χ2n) is 3.72. The number of hydrogen-bond donors (Lipinski definition) is 3. The summed E-state index contributed by atoms with van der Waals surface area (Å²) in [5, 5.41) is 10.2. The molecule has 0 aliphatic carbocycles. The van der Waals surface area contributed by atoms with E-state index in [1.807, 2.05) is 6.07 Å². The lowest BCUT2D eigenvalue weighted by Crippen LogP contribution is -2.28. The van der Waals surface area contributed by atoms with Crippen molar-refractivity contribution in [2.24, 2.45) is 5.92 Å². The Labute approximate surface area is 77.9 Å². The van der Waals surface area contributed by atoms with Crippen LogP contribution >= 0.6 is 0 Å². The maximum absolute atomic E-state index is 5.53. The third-order valence-electron chi connectivity index (χ3n) is 2.62. The van der Waals surface area contributed by atoms with Crippen molar-refractivity contribution in [3.05, 3.63) is 11.8 Å². The second-order valence-corrected chi connectivity index (χ2v) is 3.72. The Bertz CT molecular complexity index is 262. The number of nitrogens with two attached hydrogens (primary N) is 1. The van der Waals surface area contributed by atoms with E-state index >= 15 is 0 Å². The van der Waals surface area contributed by atoms with Gasteiger partial charge >= 0.3 is 0 Å². The maximum atomic E-state index is 5.53. The molecule has 72 valence electrons. The molecule has 0 aromatic carbocycles. The minimum absolute atomic E-state index is 0.601. The highest BCUT2D eigenvalue weighted by atomic mass is 15.2. The summed E-state index contributed by atoms with van der Waals surface area (Å²) in [5.41, 5.74) is 6.70. The molecule has 1 aromatic rings. The monoisotopic (exact) mass is 180 g/mol. The first-order chi connectivity index (χ1) is 6.34. The van der Waals surface area contributed by atoms with E-state index in [-0.39, 0.29) is 0 Å². The number of hydrogen-bond acceptors (Lipinski definition) is 3. The predicted molar refractivity (Wildman–Crippen MR) is 52.3 cm³/mol. The topological polar surface area (TPSA) is 66.7 Å². The van der Waals surface area contributed by atoms with Crippen LogP contribution < -0.4 is 11.1 Å². The molecule has 0 spiro atoms. The molecule has 1 fully saturated rings. The molecule has 1 aliphatic heterocycles. The summed E-state index contributed by atoms with van der Waals surface area (Å²) in [5.74, 6) is 1.39. The first kappa shape index (κ1) is 8.56. The molecule has 0 saturated carbocycles. The Morgan fingerprint density at radius 2 is 2.23 bits per heavy atom. The zero-order chi connectivity index (χ0) is 9.10. The zero-order valence-electron chi connectivity index (χ0n) is 7.71. The van der Waals surface area contributed by atoms with Gasteiger partial charge in [-0.2, -0.15) is 5.10 Å². The Morgan fingerprint density at radius 3 is 2.85 bits per heavy atom. The number of nitrogens with one attached hydrogen (secondary N) is 2. The first-order valence-corrected chi connectivity index (χ1v) is 4.85. The number of H-pyrrole nitrogens is 1. The molecule has 0 bridgehead atoms. The minimum Gasteiger partial charge on any atom is -0.382 e. The highest BCUT2D eigenvalue weighted by Gasteiger charge is 2.14. The van der Waals surface area contributed by atoms with Gasteiger partial charge in [0.05, 0.1) is 0 Å². The van der Waals surface area contributed by atoms with Crippen molar-refractivity contribution in [3.8, 4) is 0 Å². The molecule has 1 aliphatic rings. The van der Waals surface area contributed by atoms with Gasteiger partial charge in [0, 0.05) is 11.8 Å². The molecule has 4 nitrogen and oxygen atoms in total. The van der Waals surface area contributed by atoms with Crippen molar-refractivity contribution in [2.45, 2.75) is 19.3 Å². The summed E-state index contributed by atoms with van der Waals surface area (Å²) < 4.78 is 0. The van der Waals surface area contributed by atoms with Gasteiger partial charge < -0.3 is 11.1 Å². The molecule has 1 aromatic heterocycles. The van der Waals surface area contributed by atoms with Gasteiger partial charge in [0.2, 0.25) is 0 Å². The van der Waals surface area contributed by atoms with Crippen LogP contribution in [0.4, 0.5) is 5.82 Å². The van der Waals surface area contributed by atoms with Crippen LogP contribution in [0.1, 0.15) is 18.5 Å². The molecule has 2 rings (SSSR count). The maximum Gasteiger partial charge on any atom is 0.145 e. The molecule has 13 heavy (non-hydrogen) atoms. The van der Waals surface area contributed by atoms with Crippen molar-refractivity contribution >= 4 is 5.82 Å².